The quantitative estimate of drug-likeness (QED) is 0.765. The van der Waals surface area contributed by atoms with Crippen LogP contribution in [0.2, 0.25) is 0 Å². The van der Waals surface area contributed by atoms with Crippen LogP contribution in [-0.4, -0.2) is 11.1 Å². The highest BCUT2D eigenvalue weighted by atomic mass is 16.4. The van der Waals surface area contributed by atoms with Crippen LogP contribution in [0.25, 0.3) is 0 Å². The minimum Gasteiger partial charge on any atom is -0.481 e. The molecule has 2 heteroatoms. The van der Waals surface area contributed by atoms with Gasteiger partial charge in [0.15, 0.2) is 0 Å². The lowest BCUT2D eigenvalue weighted by molar-refractivity contribution is -0.142. The molecule has 0 aromatic heterocycles. The molecule has 6 atom stereocenters. The van der Waals surface area contributed by atoms with E-state index in [1.165, 1.54) is 19.3 Å². The molecule has 2 nitrogen and oxygen atoms in total. The molecule has 2 saturated carbocycles. The highest BCUT2D eigenvalue weighted by Gasteiger charge is 2.39. The van der Waals surface area contributed by atoms with Gasteiger partial charge in [-0.2, -0.15) is 0 Å². The SMILES string of the molecule is CCC1CC2C=CC1C2.O=C(O)C1CC2C=CC1C2. The maximum Gasteiger partial charge on any atom is 0.307 e. The number of allylic oxidation sites excluding steroid dienone is 4. The van der Waals surface area contributed by atoms with Crippen molar-refractivity contribution in [3.8, 4) is 0 Å². The van der Waals surface area contributed by atoms with Crippen LogP contribution < -0.4 is 0 Å². The van der Waals surface area contributed by atoms with Crippen molar-refractivity contribution in [2.24, 2.45) is 35.5 Å². The van der Waals surface area contributed by atoms with Gasteiger partial charge in [-0.1, -0.05) is 37.6 Å². The van der Waals surface area contributed by atoms with Gasteiger partial charge in [0.05, 0.1) is 5.92 Å². The van der Waals surface area contributed by atoms with Crippen molar-refractivity contribution >= 4 is 5.97 Å². The first kappa shape index (κ1) is 13.0. The molecular weight excluding hydrogens is 236 g/mol. The number of rotatable bonds is 2. The first-order valence-corrected chi connectivity index (χ1v) is 7.76. The van der Waals surface area contributed by atoms with Crippen molar-refractivity contribution in [1.29, 1.82) is 0 Å². The first-order chi connectivity index (χ1) is 9.17. The lowest BCUT2D eigenvalue weighted by Crippen LogP contribution is -2.17. The largest absolute Gasteiger partial charge is 0.481 e. The van der Waals surface area contributed by atoms with Crippen LogP contribution in [0.3, 0.4) is 0 Å². The molecule has 6 unspecified atom stereocenters. The predicted molar refractivity (Wildman–Crippen MR) is 75.6 cm³/mol. The lowest BCUT2D eigenvalue weighted by atomic mass is 9.91. The average Bonchev–Trinajstić information content (AvgIpc) is 3.18. The number of carbonyl (C=O) groups is 1. The highest BCUT2D eigenvalue weighted by Crippen LogP contribution is 2.44. The monoisotopic (exact) mass is 260 g/mol. The number of carboxylic acids is 1. The zero-order valence-electron chi connectivity index (χ0n) is 11.7. The molecule has 0 amide bonds. The first-order valence-electron chi connectivity index (χ1n) is 7.76. The molecule has 0 aromatic carbocycles. The number of aliphatic carboxylic acids is 1. The summed E-state index contributed by atoms with van der Waals surface area (Å²) in [6.45, 7) is 2.32. The van der Waals surface area contributed by atoms with Gasteiger partial charge in [0.1, 0.15) is 0 Å². The second-order valence-corrected chi connectivity index (χ2v) is 6.67. The van der Waals surface area contributed by atoms with Gasteiger partial charge >= 0.3 is 5.97 Å². The minimum atomic E-state index is -0.614. The van der Waals surface area contributed by atoms with Crippen LogP contribution in [0.15, 0.2) is 24.3 Å². The Balaban J connectivity index is 0.000000117. The number of carboxylic acid groups (broad SMARTS) is 1. The molecule has 4 rings (SSSR count). The molecule has 2 fully saturated rings. The van der Waals surface area contributed by atoms with Gasteiger partial charge in [-0.3, -0.25) is 4.79 Å². The van der Waals surface area contributed by atoms with Crippen molar-refractivity contribution in [2.75, 3.05) is 0 Å². The van der Waals surface area contributed by atoms with Gasteiger partial charge in [0.2, 0.25) is 0 Å². The Hall–Kier alpha value is -1.05. The van der Waals surface area contributed by atoms with E-state index in [0.29, 0.717) is 11.8 Å². The standard InChI is InChI=1S/C9H14.C8H10O2/c1-2-8-5-7-3-4-9(8)6-7;9-8(10)7-4-5-1-2-6(7)3-5/h3-4,7-9H,2,5-6H2,1H3;1-2,5-7H,3-4H2,(H,9,10). The molecular formula is C17H24O2. The van der Waals surface area contributed by atoms with Crippen LogP contribution in [0.1, 0.15) is 39.0 Å². The minimum absolute atomic E-state index is 0.0741. The normalized spacial score (nSPS) is 44.5. The molecule has 19 heavy (non-hydrogen) atoms. The van der Waals surface area contributed by atoms with Crippen molar-refractivity contribution < 1.29 is 9.90 Å². The highest BCUT2D eigenvalue weighted by molar-refractivity contribution is 5.71. The van der Waals surface area contributed by atoms with Gasteiger partial charge in [-0.05, 0) is 55.3 Å². The Labute approximate surface area is 115 Å². The second kappa shape index (κ2) is 5.15. The Morgan fingerprint density at radius 3 is 1.89 bits per heavy atom. The molecule has 4 aliphatic carbocycles. The third-order valence-electron chi connectivity index (χ3n) is 5.54. The molecule has 0 spiro atoms. The predicted octanol–water partition coefficient (Wildman–Crippen LogP) is 3.89. The van der Waals surface area contributed by atoms with Gasteiger partial charge < -0.3 is 5.11 Å². The molecule has 0 saturated heterocycles. The maximum atomic E-state index is 10.6. The Bertz CT molecular complexity index is 409. The van der Waals surface area contributed by atoms with Crippen LogP contribution in [0, 0.1) is 35.5 Å². The summed E-state index contributed by atoms with van der Waals surface area (Å²) in [5, 5.41) is 8.70. The fraction of sp³-hybridized carbons (Fsp3) is 0.706. The van der Waals surface area contributed by atoms with Gasteiger partial charge in [-0.15, -0.1) is 0 Å². The summed E-state index contributed by atoms with van der Waals surface area (Å²) in [5.74, 6) is 3.22. The summed E-state index contributed by atoms with van der Waals surface area (Å²) >= 11 is 0. The van der Waals surface area contributed by atoms with Crippen LogP contribution in [0.5, 0.6) is 0 Å². The van der Waals surface area contributed by atoms with Crippen molar-refractivity contribution in [2.45, 2.75) is 39.0 Å². The van der Waals surface area contributed by atoms with E-state index in [9.17, 15) is 4.79 Å². The summed E-state index contributed by atoms with van der Waals surface area (Å²) in [6, 6.07) is 0. The van der Waals surface area contributed by atoms with Gasteiger partial charge in [0, 0.05) is 0 Å². The number of hydrogen-bond donors (Lipinski definition) is 1. The van der Waals surface area contributed by atoms with Crippen molar-refractivity contribution in [3.63, 3.8) is 0 Å². The molecule has 4 aliphatic rings. The molecule has 0 heterocycles. The fourth-order valence-electron chi connectivity index (χ4n) is 4.43. The molecule has 4 bridgehead atoms. The fourth-order valence-corrected chi connectivity index (χ4v) is 4.43. The molecule has 0 aliphatic heterocycles. The van der Waals surface area contributed by atoms with E-state index < -0.39 is 5.97 Å². The van der Waals surface area contributed by atoms with Crippen LogP contribution >= 0.6 is 0 Å². The van der Waals surface area contributed by atoms with Gasteiger partial charge in [0.25, 0.3) is 0 Å². The van der Waals surface area contributed by atoms with E-state index in [2.05, 4.69) is 31.2 Å². The maximum absolute atomic E-state index is 10.6. The number of hydrogen-bond acceptors (Lipinski definition) is 1. The Kier molecular flexibility index (Phi) is 3.51. The van der Waals surface area contributed by atoms with Crippen LogP contribution in [-0.2, 0) is 4.79 Å². The molecule has 0 radical (unpaired) electrons. The van der Waals surface area contributed by atoms with E-state index in [1.807, 2.05) is 0 Å². The van der Waals surface area contributed by atoms with Crippen molar-refractivity contribution in [3.05, 3.63) is 24.3 Å². The van der Waals surface area contributed by atoms with Gasteiger partial charge in [-0.25, -0.2) is 0 Å². The number of fused-ring (bicyclic) bond motifs is 4. The smallest absolute Gasteiger partial charge is 0.307 e. The van der Waals surface area contributed by atoms with Crippen molar-refractivity contribution in [1.82, 2.24) is 0 Å². The Morgan fingerprint density at radius 2 is 1.63 bits per heavy atom. The summed E-state index contributed by atoms with van der Waals surface area (Å²) in [4.78, 5) is 10.6. The Morgan fingerprint density at radius 1 is 1.00 bits per heavy atom. The van der Waals surface area contributed by atoms with E-state index in [0.717, 1.165) is 30.6 Å². The summed E-state index contributed by atoms with van der Waals surface area (Å²) < 4.78 is 0. The molecule has 1 N–H and O–H groups in total. The van der Waals surface area contributed by atoms with E-state index >= 15 is 0 Å². The zero-order valence-corrected chi connectivity index (χ0v) is 11.7. The van der Waals surface area contributed by atoms with E-state index in [-0.39, 0.29) is 5.92 Å². The summed E-state index contributed by atoms with van der Waals surface area (Å²) in [5.41, 5.74) is 0. The lowest BCUT2D eigenvalue weighted by Gasteiger charge is -2.14. The van der Waals surface area contributed by atoms with E-state index in [4.69, 9.17) is 5.11 Å². The molecule has 104 valence electrons. The molecule has 0 aromatic rings. The average molecular weight is 260 g/mol. The third kappa shape index (κ3) is 2.50. The summed E-state index contributed by atoms with van der Waals surface area (Å²) in [7, 11) is 0. The summed E-state index contributed by atoms with van der Waals surface area (Å²) in [6.07, 6.45) is 15.4. The van der Waals surface area contributed by atoms with E-state index in [1.54, 1.807) is 0 Å². The zero-order chi connectivity index (χ0) is 13.4. The third-order valence-corrected chi connectivity index (χ3v) is 5.54. The topological polar surface area (TPSA) is 37.3 Å². The van der Waals surface area contributed by atoms with Crippen LogP contribution in [0.4, 0.5) is 0 Å². The second-order valence-electron chi connectivity index (χ2n) is 6.67.